The lowest BCUT2D eigenvalue weighted by Gasteiger charge is -2.36. The molecule has 20 heavy (non-hydrogen) atoms. The van der Waals surface area contributed by atoms with Crippen LogP contribution in [0.5, 0.6) is 0 Å². The van der Waals surface area contributed by atoms with Crippen LogP contribution in [-0.2, 0) is 19.7 Å². The molecular formula is C12H25N3O4S. The van der Waals surface area contributed by atoms with Crippen LogP contribution in [0.15, 0.2) is 0 Å². The van der Waals surface area contributed by atoms with E-state index in [0.717, 1.165) is 4.31 Å². The summed E-state index contributed by atoms with van der Waals surface area (Å²) in [6.07, 6.45) is -0.294. The van der Waals surface area contributed by atoms with E-state index in [-0.39, 0.29) is 30.7 Å². The number of carbonyl (C=O) groups is 1. The molecule has 0 bridgehead atoms. The van der Waals surface area contributed by atoms with E-state index < -0.39 is 10.2 Å². The fraction of sp³-hybridized carbons (Fsp3) is 0.917. The first-order valence-corrected chi connectivity index (χ1v) is 8.18. The third-order valence-corrected chi connectivity index (χ3v) is 4.79. The Morgan fingerprint density at radius 2 is 1.85 bits per heavy atom. The summed E-state index contributed by atoms with van der Waals surface area (Å²) in [7, 11) is -2.22. The van der Waals surface area contributed by atoms with E-state index in [1.54, 1.807) is 0 Å². The van der Waals surface area contributed by atoms with Gasteiger partial charge in [0, 0.05) is 26.2 Å². The van der Waals surface area contributed by atoms with Crippen LogP contribution >= 0.6 is 0 Å². The van der Waals surface area contributed by atoms with Crippen LogP contribution in [0.1, 0.15) is 27.7 Å². The molecule has 1 rings (SSSR count). The molecule has 1 fully saturated rings. The molecule has 0 aromatic carbocycles. The summed E-state index contributed by atoms with van der Waals surface area (Å²) in [6, 6.07) is -0.0120. The number of nitrogens with one attached hydrogen (secondary N) is 1. The first-order valence-electron chi connectivity index (χ1n) is 6.79. The van der Waals surface area contributed by atoms with Crippen molar-refractivity contribution in [3.8, 4) is 0 Å². The molecule has 1 saturated heterocycles. The highest BCUT2D eigenvalue weighted by Gasteiger charge is 2.34. The molecule has 118 valence electrons. The Hall–Kier alpha value is -0.700. The number of hydrogen-bond donors (Lipinski definition) is 1. The standard InChI is InChI=1S/C12H25N3O4S/c1-9(2)13-12(16)8-14(5)20(17,18)15-6-10(3)19-11(4)7-15/h9-11H,6-8H2,1-5H3,(H,13,16). The summed E-state index contributed by atoms with van der Waals surface area (Å²) in [6.45, 7) is 7.77. The van der Waals surface area contributed by atoms with Crippen LogP contribution in [-0.4, -0.2) is 67.9 Å². The average molecular weight is 307 g/mol. The highest BCUT2D eigenvalue weighted by Crippen LogP contribution is 2.16. The number of morpholine rings is 1. The minimum atomic E-state index is -3.63. The van der Waals surface area contributed by atoms with E-state index in [0.29, 0.717) is 13.1 Å². The van der Waals surface area contributed by atoms with Gasteiger partial charge in [-0.05, 0) is 27.7 Å². The predicted octanol–water partition coefficient (Wildman–Crippen LogP) is -0.203. The Balaban J connectivity index is 2.69. The topological polar surface area (TPSA) is 79.0 Å². The second kappa shape index (κ2) is 6.84. The lowest BCUT2D eigenvalue weighted by molar-refractivity contribution is -0.121. The van der Waals surface area contributed by atoms with Gasteiger partial charge in [-0.15, -0.1) is 0 Å². The maximum absolute atomic E-state index is 12.4. The van der Waals surface area contributed by atoms with Crippen LogP contribution in [0, 0.1) is 0 Å². The summed E-state index contributed by atoms with van der Waals surface area (Å²) in [5.74, 6) is -0.305. The number of hydrogen-bond acceptors (Lipinski definition) is 4. The zero-order valence-electron chi connectivity index (χ0n) is 12.8. The largest absolute Gasteiger partial charge is 0.373 e. The SMILES string of the molecule is CC(C)NC(=O)CN(C)S(=O)(=O)N1CC(C)OC(C)C1. The Kier molecular flexibility index (Phi) is 5.93. The van der Waals surface area contributed by atoms with Gasteiger partial charge in [0.05, 0.1) is 18.8 Å². The molecule has 0 aliphatic carbocycles. The maximum Gasteiger partial charge on any atom is 0.282 e. The lowest BCUT2D eigenvalue weighted by Crippen LogP contribution is -2.53. The minimum Gasteiger partial charge on any atom is -0.373 e. The average Bonchev–Trinajstić information content (AvgIpc) is 2.25. The number of likely N-dealkylation sites (N-methyl/N-ethyl adjacent to an activating group) is 1. The lowest BCUT2D eigenvalue weighted by atomic mass is 10.3. The third kappa shape index (κ3) is 4.69. The molecule has 0 radical (unpaired) electrons. The highest BCUT2D eigenvalue weighted by molar-refractivity contribution is 7.86. The molecule has 0 aromatic rings. The quantitative estimate of drug-likeness (QED) is 0.763. The summed E-state index contributed by atoms with van der Waals surface area (Å²) in [4.78, 5) is 11.7. The van der Waals surface area contributed by atoms with Gasteiger partial charge in [0.25, 0.3) is 10.2 Å². The molecule has 0 aromatic heterocycles. The van der Waals surface area contributed by atoms with E-state index >= 15 is 0 Å². The third-order valence-electron chi connectivity index (χ3n) is 2.92. The zero-order valence-corrected chi connectivity index (χ0v) is 13.6. The first-order chi connectivity index (χ1) is 9.12. The molecule has 1 N–H and O–H groups in total. The van der Waals surface area contributed by atoms with Gasteiger partial charge in [0.1, 0.15) is 0 Å². The second-order valence-electron chi connectivity index (χ2n) is 5.56. The molecule has 1 aliphatic rings. The summed E-state index contributed by atoms with van der Waals surface area (Å²) in [5, 5.41) is 2.68. The monoisotopic (exact) mass is 307 g/mol. The molecular weight excluding hydrogens is 282 g/mol. The van der Waals surface area contributed by atoms with Gasteiger partial charge in [0.15, 0.2) is 0 Å². The van der Waals surface area contributed by atoms with Crippen molar-refractivity contribution in [2.24, 2.45) is 0 Å². The molecule has 8 heteroatoms. The molecule has 0 saturated carbocycles. The van der Waals surface area contributed by atoms with Crippen molar-refractivity contribution in [1.29, 1.82) is 0 Å². The molecule has 2 atom stereocenters. The van der Waals surface area contributed by atoms with Crippen LogP contribution in [0.3, 0.4) is 0 Å². The Bertz CT molecular complexity index is 428. The molecule has 2 unspecified atom stereocenters. The molecule has 7 nitrogen and oxygen atoms in total. The van der Waals surface area contributed by atoms with E-state index in [2.05, 4.69) is 5.32 Å². The van der Waals surface area contributed by atoms with E-state index in [9.17, 15) is 13.2 Å². The van der Waals surface area contributed by atoms with Crippen LogP contribution < -0.4 is 5.32 Å². The van der Waals surface area contributed by atoms with Gasteiger partial charge in [-0.3, -0.25) is 4.79 Å². The number of ether oxygens (including phenoxy) is 1. The molecule has 0 spiro atoms. The van der Waals surface area contributed by atoms with Gasteiger partial charge in [-0.25, -0.2) is 0 Å². The van der Waals surface area contributed by atoms with Crippen molar-refractivity contribution in [3.63, 3.8) is 0 Å². The summed E-state index contributed by atoms with van der Waals surface area (Å²) >= 11 is 0. The predicted molar refractivity (Wildman–Crippen MR) is 76.4 cm³/mol. The van der Waals surface area contributed by atoms with Crippen molar-refractivity contribution in [2.45, 2.75) is 45.9 Å². The highest BCUT2D eigenvalue weighted by atomic mass is 32.2. The van der Waals surface area contributed by atoms with Crippen LogP contribution in [0.4, 0.5) is 0 Å². The normalized spacial score (nSPS) is 25.1. The summed E-state index contributed by atoms with van der Waals surface area (Å²) in [5.41, 5.74) is 0. The Morgan fingerprint density at radius 1 is 1.35 bits per heavy atom. The van der Waals surface area contributed by atoms with E-state index in [4.69, 9.17) is 4.74 Å². The van der Waals surface area contributed by atoms with Crippen molar-refractivity contribution in [3.05, 3.63) is 0 Å². The number of rotatable bonds is 5. The van der Waals surface area contributed by atoms with Crippen molar-refractivity contribution >= 4 is 16.1 Å². The fourth-order valence-electron chi connectivity index (χ4n) is 2.17. The van der Waals surface area contributed by atoms with Gasteiger partial charge in [0.2, 0.25) is 5.91 Å². The number of amides is 1. The molecule has 1 amide bonds. The van der Waals surface area contributed by atoms with Crippen LogP contribution in [0.2, 0.25) is 0 Å². The maximum atomic E-state index is 12.4. The van der Waals surface area contributed by atoms with Gasteiger partial charge >= 0.3 is 0 Å². The zero-order chi connectivity index (χ0) is 15.5. The molecule has 1 aliphatic heterocycles. The smallest absolute Gasteiger partial charge is 0.282 e. The second-order valence-corrected chi connectivity index (χ2v) is 7.60. The van der Waals surface area contributed by atoms with Crippen molar-refractivity contribution in [2.75, 3.05) is 26.7 Å². The minimum absolute atomic E-state index is 0.0120. The van der Waals surface area contributed by atoms with Crippen molar-refractivity contribution in [1.82, 2.24) is 13.9 Å². The van der Waals surface area contributed by atoms with E-state index in [1.165, 1.54) is 11.4 Å². The van der Waals surface area contributed by atoms with Gasteiger partial charge in [-0.2, -0.15) is 17.0 Å². The van der Waals surface area contributed by atoms with Gasteiger partial charge in [-0.1, -0.05) is 0 Å². The van der Waals surface area contributed by atoms with Crippen molar-refractivity contribution < 1.29 is 17.9 Å². The fourth-order valence-corrected chi connectivity index (χ4v) is 3.64. The number of nitrogens with zero attached hydrogens (tertiary/aromatic N) is 2. The van der Waals surface area contributed by atoms with Crippen LogP contribution in [0.25, 0.3) is 0 Å². The number of carbonyl (C=O) groups excluding carboxylic acids is 1. The Morgan fingerprint density at radius 3 is 2.30 bits per heavy atom. The summed E-state index contributed by atoms with van der Waals surface area (Å²) < 4.78 is 32.8. The molecule has 1 heterocycles. The van der Waals surface area contributed by atoms with E-state index in [1.807, 2.05) is 27.7 Å². The van der Waals surface area contributed by atoms with Gasteiger partial charge < -0.3 is 10.1 Å². The Labute approximate surface area is 121 Å². The first kappa shape index (κ1) is 17.4.